The smallest absolute Gasteiger partial charge is 0.322 e. The first-order valence-corrected chi connectivity index (χ1v) is 9.49. The van der Waals surface area contributed by atoms with Gasteiger partial charge >= 0.3 is 5.69 Å². The predicted molar refractivity (Wildman–Crippen MR) is 109 cm³/mol. The minimum atomic E-state index is -0.646. The van der Waals surface area contributed by atoms with E-state index in [2.05, 4.69) is 15.3 Å². The van der Waals surface area contributed by atoms with Crippen molar-refractivity contribution in [2.24, 2.45) is 0 Å². The van der Waals surface area contributed by atoms with Gasteiger partial charge in [-0.05, 0) is 44.9 Å². The van der Waals surface area contributed by atoms with E-state index in [9.17, 15) is 19.2 Å². The zero-order chi connectivity index (χ0) is 20.7. The Morgan fingerprint density at radius 2 is 2.00 bits per heavy atom. The number of hydrogen-bond donors (Lipinski definition) is 2. The number of nitrogens with zero attached hydrogens (tertiary/aromatic N) is 2. The highest BCUT2D eigenvalue weighted by atomic mass is 16.2. The topological polar surface area (TPSA) is 114 Å². The number of ketones is 1. The fourth-order valence-electron chi connectivity index (χ4n) is 3.37. The maximum Gasteiger partial charge on any atom is 0.329 e. The van der Waals surface area contributed by atoms with E-state index in [1.54, 1.807) is 37.3 Å². The van der Waals surface area contributed by atoms with Gasteiger partial charge in [-0.3, -0.25) is 23.9 Å². The molecule has 8 nitrogen and oxygen atoms in total. The molecule has 4 rings (SSSR count). The molecule has 1 aliphatic carbocycles. The molecule has 1 fully saturated rings. The second-order valence-electron chi connectivity index (χ2n) is 7.16. The molecule has 3 aromatic rings. The SMILES string of the molecule is CCn1c(=O)[nH]c(=O)c2c(C(=O)Nc3cccc(C(C)=O)c3)cc(C3CC3)nc21. The van der Waals surface area contributed by atoms with Crippen molar-refractivity contribution in [2.75, 3.05) is 5.32 Å². The van der Waals surface area contributed by atoms with Crippen LogP contribution in [0.4, 0.5) is 5.69 Å². The van der Waals surface area contributed by atoms with Crippen molar-refractivity contribution in [3.63, 3.8) is 0 Å². The number of aryl methyl sites for hydroxylation is 1. The maximum atomic E-state index is 13.1. The lowest BCUT2D eigenvalue weighted by molar-refractivity contribution is 0.101. The number of aromatic amines is 1. The third kappa shape index (κ3) is 3.49. The summed E-state index contributed by atoms with van der Waals surface area (Å²) in [5.41, 5.74) is 0.798. The van der Waals surface area contributed by atoms with E-state index in [1.165, 1.54) is 11.5 Å². The van der Waals surface area contributed by atoms with Gasteiger partial charge in [-0.15, -0.1) is 0 Å². The van der Waals surface area contributed by atoms with Crippen LogP contribution in [-0.4, -0.2) is 26.2 Å². The number of H-pyrrole nitrogens is 1. The van der Waals surface area contributed by atoms with Crippen molar-refractivity contribution in [3.05, 3.63) is 68.0 Å². The van der Waals surface area contributed by atoms with Crippen molar-refractivity contribution in [1.82, 2.24) is 14.5 Å². The Hall–Kier alpha value is -3.55. The Bertz CT molecular complexity index is 1270. The molecule has 2 N–H and O–H groups in total. The van der Waals surface area contributed by atoms with Crippen LogP contribution in [0.25, 0.3) is 11.0 Å². The summed E-state index contributed by atoms with van der Waals surface area (Å²) in [4.78, 5) is 56.2. The van der Waals surface area contributed by atoms with Gasteiger partial charge in [-0.1, -0.05) is 12.1 Å². The van der Waals surface area contributed by atoms with Crippen molar-refractivity contribution in [3.8, 4) is 0 Å². The van der Waals surface area contributed by atoms with E-state index in [4.69, 9.17) is 0 Å². The summed E-state index contributed by atoms with van der Waals surface area (Å²) in [5.74, 6) is -0.381. The number of rotatable bonds is 5. The molecule has 148 valence electrons. The molecule has 0 bridgehead atoms. The second kappa shape index (κ2) is 7.12. The van der Waals surface area contributed by atoms with Crippen molar-refractivity contribution in [1.29, 1.82) is 0 Å². The number of amides is 1. The molecule has 8 heteroatoms. The molecule has 1 saturated carbocycles. The molecule has 1 aliphatic rings. The minimum Gasteiger partial charge on any atom is -0.322 e. The van der Waals surface area contributed by atoms with Crippen molar-refractivity contribution >= 4 is 28.4 Å². The molecular formula is C21H20N4O4. The van der Waals surface area contributed by atoms with Crippen LogP contribution in [0.15, 0.2) is 39.9 Å². The molecule has 2 heterocycles. The van der Waals surface area contributed by atoms with Crippen LogP contribution in [-0.2, 0) is 6.54 Å². The lowest BCUT2D eigenvalue weighted by Crippen LogP contribution is -2.32. The van der Waals surface area contributed by atoms with E-state index < -0.39 is 17.2 Å². The van der Waals surface area contributed by atoms with Gasteiger partial charge < -0.3 is 5.32 Å². The molecule has 1 aromatic carbocycles. The summed E-state index contributed by atoms with van der Waals surface area (Å²) in [5, 5.41) is 2.83. The second-order valence-corrected chi connectivity index (χ2v) is 7.16. The van der Waals surface area contributed by atoms with E-state index in [-0.39, 0.29) is 28.3 Å². The molecule has 0 unspecified atom stereocenters. The van der Waals surface area contributed by atoms with Gasteiger partial charge in [-0.2, -0.15) is 0 Å². The summed E-state index contributed by atoms with van der Waals surface area (Å²) in [6.07, 6.45) is 1.92. The van der Waals surface area contributed by atoms with Crippen molar-refractivity contribution < 1.29 is 9.59 Å². The Labute approximate surface area is 165 Å². The van der Waals surface area contributed by atoms with Crippen LogP contribution < -0.4 is 16.6 Å². The fraction of sp³-hybridized carbons (Fsp3) is 0.286. The molecule has 0 radical (unpaired) electrons. The van der Waals surface area contributed by atoms with Gasteiger partial charge in [0.1, 0.15) is 0 Å². The van der Waals surface area contributed by atoms with Crippen LogP contribution in [0.1, 0.15) is 59.0 Å². The summed E-state index contributed by atoms with van der Waals surface area (Å²) in [7, 11) is 0. The molecular weight excluding hydrogens is 372 g/mol. The number of aromatic nitrogens is 3. The Balaban J connectivity index is 1.87. The van der Waals surface area contributed by atoms with Crippen LogP contribution >= 0.6 is 0 Å². The number of pyridine rings is 1. The summed E-state index contributed by atoms with van der Waals surface area (Å²) < 4.78 is 1.36. The number of Topliss-reactive ketones (excluding diaryl/α,β-unsaturated/α-hetero) is 1. The Morgan fingerprint density at radius 3 is 2.66 bits per heavy atom. The third-order valence-corrected chi connectivity index (χ3v) is 5.05. The standard InChI is InChI=1S/C21H20N4O4/c1-3-25-18-17(20(28)24-21(25)29)15(10-16(23-18)12-7-8-12)19(27)22-14-6-4-5-13(9-14)11(2)26/h4-6,9-10,12H,3,7-8H2,1-2H3,(H,22,27)(H,24,28,29). The van der Waals surface area contributed by atoms with Crippen LogP contribution in [0.5, 0.6) is 0 Å². The number of carbonyl (C=O) groups is 2. The van der Waals surface area contributed by atoms with Gasteiger partial charge in [0.25, 0.3) is 11.5 Å². The number of fused-ring (bicyclic) bond motifs is 1. The van der Waals surface area contributed by atoms with Crippen LogP contribution in [0, 0.1) is 0 Å². The first-order valence-electron chi connectivity index (χ1n) is 9.49. The Morgan fingerprint density at radius 1 is 1.24 bits per heavy atom. The quantitative estimate of drug-likeness (QED) is 0.648. The number of nitrogens with one attached hydrogen (secondary N) is 2. The molecule has 0 aliphatic heterocycles. The van der Waals surface area contributed by atoms with E-state index >= 15 is 0 Å². The van der Waals surface area contributed by atoms with Gasteiger partial charge in [0.05, 0.1) is 10.9 Å². The number of hydrogen-bond acceptors (Lipinski definition) is 5. The highest BCUT2D eigenvalue weighted by Gasteiger charge is 2.28. The largest absolute Gasteiger partial charge is 0.329 e. The van der Waals surface area contributed by atoms with Crippen LogP contribution in [0.3, 0.4) is 0 Å². The normalized spacial score (nSPS) is 13.4. The average Bonchev–Trinajstić information content (AvgIpc) is 3.52. The predicted octanol–water partition coefficient (Wildman–Crippen LogP) is 2.44. The zero-order valence-corrected chi connectivity index (χ0v) is 16.1. The molecule has 29 heavy (non-hydrogen) atoms. The van der Waals surface area contributed by atoms with Gasteiger partial charge in [-0.25, -0.2) is 9.78 Å². The van der Waals surface area contributed by atoms with Gasteiger partial charge in [0.2, 0.25) is 0 Å². The van der Waals surface area contributed by atoms with Gasteiger partial charge in [0, 0.05) is 29.4 Å². The highest BCUT2D eigenvalue weighted by molar-refractivity contribution is 6.12. The fourth-order valence-corrected chi connectivity index (χ4v) is 3.37. The lowest BCUT2D eigenvalue weighted by Gasteiger charge is -2.13. The first kappa shape index (κ1) is 18.8. The van der Waals surface area contributed by atoms with E-state index in [1.807, 2.05) is 0 Å². The molecule has 0 atom stereocenters. The first-order chi connectivity index (χ1) is 13.9. The highest BCUT2D eigenvalue weighted by Crippen LogP contribution is 2.40. The molecule has 2 aromatic heterocycles. The lowest BCUT2D eigenvalue weighted by atomic mass is 10.1. The average molecular weight is 392 g/mol. The van der Waals surface area contributed by atoms with E-state index in [0.717, 1.165) is 12.8 Å². The minimum absolute atomic E-state index is 0.0797. The summed E-state index contributed by atoms with van der Waals surface area (Å²) >= 11 is 0. The number of carbonyl (C=O) groups excluding carboxylic acids is 2. The monoisotopic (exact) mass is 392 g/mol. The number of benzene rings is 1. The molecule has 1 amide bonds. The third-order valence-electron chi connectivity index (χ3n) is 5.05. The maximum absolute atomic E-state index is 13.1. The van der Waals surface area contributed by atoms with Crippen molar-refractivity contribution in [2.45, 2.75) is 39.2 Å². The van der Waals surface area contributed by atoms with E-state index in [0.29, 0.717) is 23.5 Å². The van der Waals surface area contributed by atoms with Crippen LogP contribution in [0.2, 0.25) is 0 Å². The van der Waals surface area contributed by atoms with Gasteiger partial charge in [0.15, 0.2) is 11.4 Å². The number of anilines is 1. The Kier molecular flexibility index (Phi) is 4.62. The zero-order valence-electron chi connectivity index (χ0n) is 16.1. The molecule has 0 spiro atoms. The summed E-state index contributed by atoms with van der Waals surface area (Å²) in [6, 6.07) is 8.22. The molecule has 0 saturated heterocycles. The summed E-state index contributed by atoms with van der Waals surface area (Å²) in [6.45, 7) is 3.54.